The molecular weight excluding hydrogens is 162 g/mol. The Morgan fingerprint density at radius 1 is 1.55 bits per heavy atom. The van der Waals surface area contributed by atoms with Gasteiger partial charge in [-0.3, -0.25) is 4.79 Å². The van der Waals surface area contributed by atoms with Crippen molar-refractivity contribution >= 4 is 23.1 Å². The van der Waals surface area contributed by atoms with Gasteiger partial charge in [-0.15, -0.1) is 0 Å². The Kier molecular flexibility index (Phi) is 2.15. The van der Waals surface area contributed by atoms with Crippen molar-refractivity contribution in [3.63, 3.8) is 0 Å². The van der Waals surface area contributed by atoms with Gasteiger partial charge >= 0.3 is 0 Å². The second kappa shape index (κ2) is 2.93. The van der Waals surface area contributed by atoms with Crippen LogP contribution in [-0.2, 0) is 0 Å². The number of rotatable bonds is 1. The molecule has 0 spiro atoms. The molecule has 0 aliphatic rings. The van der Waals surface area contributed by atoms with Gasteiger partial charge in [0.05, 0.1) is 10.7 Å². The molecule has 0 unspecified atom stereocenters. The van der Waals surface area contributed by atoms with Crippen molar-refractivity contribution in [1.29, 1.82) is 0 Å². The summed E-state index contributed by atoms with van der Waals surface area (Å²) in [5.41, 5.74) is 6.38. The smallest absolute Gasteiger partial charge is 0.161 e. The van der Waals surface area contributed by atoms with E-state index >= 15 is 0 Å². The molecule has 3 heteroatoms. The first-order chi connectivity index (χ1) is 5.13. The lowest BCUT2D eigenvalue weighted by molar-refractivity contribution is 0.101. The van der Waals surface area contributed by atoms with Gasteiger partial charge in [0.15, 0.2) is 5.78 Å². The molecule has 2 nitrogen and oxygen atoms in total. The van der Waals surface area contributed by atoms with Gasteiger partial charge in [-0.1, -0.05) is 17.7 Å². The van der Waals surface area contributed by atoms with E-state index in [0.29, 0.717) is 16.3 Å². The average molecular weight is 170 g/mol. The Morgan fingerprint density at radius 2 is 2.18 bits per heavy atom. The molecule has 0 amide bonds. The van der Waals surface area contributed by atoms with E-state index in [1.54, 1.807) is 18.2 Å². The zero-order chi connectivity index (χ0) is 8.43. The summed E-state index contributed by atoms with van der Waals surface area (Å²) >= 11 is 5.68. The minimum Gasteiger partial charge on any atom is -0.397 e. The molecule has 1 aromatic rings. The molecule has 0 aliphatic heterocycles. The predicted molar refractivity (Wildman–Crippen MR) is 45.9 cm³/mol. The van der Waals surface area contributed by atoms with Crippen LogP contribution in [0.2, 0.25) is 5.02 Å². The summed E-state index contributed by atoms with van der Waals surface area (Å²) in [7, 11) is 0. The van der Waals surface area contributed by atoms with Crippen LogP contribution < -0.4 is 5.73 Å². The summed E-state index contributed by atoms with van der Waals surface area (Å²) in [5, 5.41) is 0.428. The third-order valence-corrected chi connectivity index (χ3v) is 1.76. The molecule has 1 rings (SSSR count). The molecule has 0 radical (unpaired) electrons. The molecule has 1 aromatic carbocycles. The Balaban J connectivity index is 3.27. The van der Waals surface area contributed by atoms with Crippen LogP contribution in [0.3, 0.4) is 0 Å². The monoisotopic (exact) mass is 169 g/mol. The fraction of sp³-hybridized carbons (Fsp3) is 0.125. The maximum atomic E-state index is 10.9. The number of carbonyl (C=O) groups is 1. The van der Waals surface area contributed by atoms with Crippen LogP contribution >= 0.6 is 11.6 Å². The number of nitrogens with two attached hydrogens (primary N) is 1. The number of hydrogen-bond acceptors (Lipinski definition) is 2. The zero-order valence-electron chi connectivity index (χ0n) is 6.10. The number of ketones is 1. The van der Waals surface area contributed by atoms with E-state index in [-0.39, 0.29) is 5.78 Å². The summed E-state index contributed by atoms with van der Waals surface area (Å²) in [6.45, 7) is 1.46. The van der Waals surface area contributed by atoms with Crippen LogP contribution in [0, 0.1) is 0 Å². The number of Topliss-reactive ketones (excluding diaryl/α,β-unsaturated/α-hetero) is 1. The summed E-state index contributed by atoms with van der Waals surface area (Å²) < 4.78 is 0. The Labute approximate surface area is 70.0 Å². The van der Waals surface area contributed by atoms with Gasteiger partial charge in [0, 0.05) is 5.56 Å². The highest BCUT2D eigenvalue weighted by atomic mass is 35.5. The number of para-hydroxylation sites is 1. The van der Waals surface area contributed by atoms with Crippen molar-refractivity contribution < 1.29 is 4.79 Å². The lowest BCUT2D eigenvalue weighted by Crippen LogP contribution is -1.99. The topological polar surface area (TPSA) is 43.1 Å². The number of anilines is 1. The molecule has 0 aliphatic carbocycles. The normalized spacial score (nSPS) is 9.64. The maximum Gasteiger partial charge on any atom is 0.161 e. The summed E-state index contributed by atoms with van der Waals surface area (Å²) in [4.78, 5) is 10.9. The number of carbonyl (C=O) groups excluding carboxylic acids is 1. The number of hydrogen-bond donors (Lipinski definition) is 1. The second-order valence-corrected chi connectivity index (χ2v) is 2.66. The quantitative estimate of drug-likeness (QED) is 0.517. The molecule has 0 fully saturated rings. The second-order valence-electron chi connectivity index (χ2n) is 2.26. The van der Waals surface area contributed by atoms with Crippen molar-refractivity contribution in [2.24, 2.45) is 0 Å². The number of benzene rings is 1. The Hall–Kier alpha value is -1.02. The molecule has 2 N–H and O–H groups in total. The predicted octanol–water partition coefficient (Wildman–Crippen LogP) is 2.12. The molecule has 11 heavy (non-hydrogen) atoms. The van der Waals surface area contributed by atoms with Crippen LogP contribution in [0.5, 0.6) is 0 Å². The first kappa shape index (κ1) is 8.08. The van der Waals surface area contributed by atoms with Gasteiger partial charge in [-0.2, -0.15) is 0 Å². The molecule has 58 valence electrons. The minimum atomic E-state index is -0.0648. The lowest BCUT2D eigenvalue weighted by atomic mass is 10.1. The van der Waals surface area contributed by atoms with Crippen molar-refractivity contribution in [1.82, 2.24) is 0 Å². The van der Waals surface area contributed by atoms with E-state index in [1.165, 1.54) is 6.92 Å². The van der Waals surface area contributed by atoms with Crippen LogP contribution in [0.4, 0.5) is 5.69 Å². The standard InChI is InChI=1S/C8H8ClNO/c1-5(11)6-3-2-4-7(9)8(6)10/h2-4H,10H2,1H3. The van der Waals surface area contributed by atoms with Gasteiger partial charge in [0.1, 0.15) is 0 Å². The number of nitrogen functional groups attached to an aromatic ring is 1. The van der Waals surface area contributed by atoms with E-state index in [2.05, 4.69) is 0 Å². The highest BCUT2D eigenvalue weighted by molar-refractivity contribution is 6.33. The van der Waals surface area contributed by atoms with E-state index in [4.69, 9.17) is 17.3 Å². The average Bonchev–Trinajstić information content (AvgIpc) is 1.94. The highest BCUT2D eigenvalue weighted by Crippen LogP contribution is 2.22. The van der Waals surface area contributed by atoms with E-state index in [1.807, 2.05) is 0 Å². The van der Waals surface area contributed by atoms with Gasteiger partial charge in [-0.05, 0) is 19.1 Å². The van der Waals surface area contributed by atoms with E-state index in [9.17, 15) is 4.79 Å². The molecule has 0 saturated carbocycles. The van der Waals surface area contributed by atoms with Gasteiger partial charge < -0.3 is 5.73 Å². The van der Waals surface area contributed by atoms with Gasteiger partial charge in [0.25, 0.3) is 0 Å². The first-order valence-electron chi connectivity index (χ1n) is 3.18. The SMILES string of the molecule is CC(=O)c1cccc(Cl)c1N. The van der Waals surface area contributed by atoms with Crippen molar-refractivity contribution in [2.45, 2.75) is 6.92 Å². The molecule has 0 aromatic heterocycles. The fourth-order valence-corrected chi connectivity index (χ4v) is 1.02. The van der Waals surface area contributed by atoms with Crippen molar-refractivity contribution in [3.8, 4) is 0 Å². The Bertz CT molecular complexity index is 296. The largest absolute Gasteiger partial charge is 0.397 e. The van der Waals surface area contributed by atoms with E-state index in [0.717, 1.165) is 0 Å². The third kappa shape index (κ3) is 1.52. The molecule has 0 bridgehead atoms. The zero-order valence-corrected chi connectivity index (χ0v) is 6.85. The molecular formula is C8H8ClNO. The van der Waals surface area contributed by atoms with Gasteiger partial charge in [0.2, 0.25) is 0 Å². The third-order valence-electron chi connectivity index (χ3n) is 1.43. The van der Waals surface area contributed by atoms with Crippen LogP contribution in [0.1, 0.15) is 17.3 Å². The number of halogens is 1. The van der Waals surface area contributed by atoms with Crippen molar-refractivity contribution in [2.75, 3.05) is 5.73 Å². The van der Waals surface area contributed by atoms with Crippen LogP contribution in [-0.4, -0.2) is 5.78 Å². The van der Waals surface area contributed by atoms with Crippen LogP contribution in [0.25, 0.3) is 0 Å². The first-order valence-corrected chi connectivity index (χ1v) is 3.55. The molecule has 0 heterocycles. The summed E-state index contributed by atoms with van der Waals surface area (Å²) in [6.07, 6.45) is 0. The van der Waals surface area contributed by atoms with Crippen molar-refractivity contribution in [3.05, 3.63) is 28.8 Å². The fourth-order valence-electron chi connectivity index (χ4n) is 0.844. The van der Waals surface area contributed by atoms with Crippen LogP contribution in [0.15, 0.2) is 18.2 Å². The maximum absolute atomic E-state index is 10.9. The minimum absolute atomic E-state index is 0.0648. The molecule has 0 saturated heterocycles. The van der Waals surface area contributed by atoms with Gasteiger partial charge in [-0.25, -0.2) is 0 Å². The highest BCUT2D eigenvalue weighted by Gasteiger charge is 2.05. The lowest BCUT2D eigenvalue weighted by Gasteiger charge is -2.01. The molecule has 0 atom stereocenters. The summed E-state index contributed by atoms with van der Waals surface area (Å²) in [5.74, 6) is -0.0648. The van der Waals surface area contributed by atoms with E-state index < -0.39 is 0 Å². The summed E-state index contributed by atoms with van der Waals surface area (Å²) in [6, 6.07) is 5.02. The Morgan fingerprint density at radius 3 is 2.64 bits per heavy atom.